The predicted molar refractivity (Wildman–Crippen MR) is 143 cm³/mol. The molecule has 0 unspecified atom stereocenters. The lowest BCUT2D eigenvalue weighted by Crippen LogP contribution is -2.39. The molecule has 0 radical (unpaired) electrons. The monoisotopic (exact) mass is 521 g/mol. The average molecular weight is 522 g/mol. The van der Waals surface area contributed by atoms with E-state index >= 15 is 0 Å². The number of ether oxygens (including phenoxy) is 1. The molecule has 0 fully saturated rings. The molecule has 2 aromatic carbocycles. The van der Waals surface area contributed by atoms with Gasteiger partial charge in [-0.1, -0.05) is 29.8 Å². The second-order valence-electron chi connectivity index (χ2n) is 7.96. The molecule has 1 aromatic heterocycles. The van der Waals surface area contributed by atoms with Crippen LogP contribution in [0, 0.1) is 0 Å². The Labute approximate surface area is 220 Å². The van der Waals surface area contributed by atoms with Crippen LogP contribution in [0.3, 0.4) is 0 Å². The van der Waals surface area contributed by atoms with Crippen molar-refractivity contribution in [2.75, 3.05) is 26.0 Å². The number of carbonyl (C=O) groups excluding carboxylic acids is 3. The first-order valence-electron chi connectivity index (χ1n) is 11.5. The highest BCUT2D eigenvalue weighted by Gasteiger charge is 2.15. The largest absolute Gasteiger partial charge is 0.439 e. The Kier molecular flexibility index (Phi) is 9.62. The first-order valence-corrected chi connectivity index (χ1v) is 11.9. The Morgan fingerprint density at radius 3 is 2.38 bits per heavy atom. The maximum atomic E-state index is 12.6. The molecular weight excluding hydrogens is 494 g/mol. The number of hydrogen-bond acceptors (Lipinski definition) is 6. The molecular formula is C27H28ClN5O4. The van der Waals surface area contributed by atoms with Gasteiger partial charge in [0.25, 0.3) is 5.91 Å². The summed E-state index contributed by atoms with van der Waals surface area (Å²) in [5, 5.41) is 9.04. The maximum absolute atomic E-state index is 12.6. The molecule has 3 aromatic rings. The normalized spacial score (nSPS) is 11.1. The summed E-state index contributed by atoms with van der Waals surface area (Å²) in [6.45, 7) is 2.34. The fourth-order valence-electron chi connectivity index (χ4n) is 3.15. The third-order valence-corrected chi connectivity index (χ3v) is 5.61. The van der Waals surface area contributed by atoms with E-state index in [0.29, 0.717) is 34.9 Å². The molecule has 0 spiro atoms. The molecule has 1 heterocycles. The molecule has 0 saturated carbocycles. The van der Waals surface area contributed by atoms with E-state index in [-0.39, 0.29) is 35.8 Å². The van der Waals surface area contributed by atoms with Gasteiger partial charge in [-0.2, -0.15) is 0 Å². The van der Waals surface area contributed by atoms with Gasteiger partial charge in [-0.25, -0.2) is 9.78 Å². The van der Waals surface area contributed by atoms with Crippen molar-refractivity contribution >= 4 is 35.5 Å². The van der Waals surface area contributed by atoms with Crippen LogP contribution in [0.1, 0.15) is 23.0 Å². The smallest absolute Gasteiger partial charge is 0.322 e. The van der Waals surface area contributed by atoms with Gasteiger partial charge in [0.2, 0.25) is 5.88 Å². The number of hydrogen-bond donors (Lipinski definition) is 3. The third-order valence-electron chi connectivity index (χ3n) is 5.35. The standard InChI is InChI=1S/C27H28ClN5O4/c1-4-33(3)27(36)32-25(19(17-34)16-18-8-10-20(28)11-9-18)30-21-12-14-22(15-13-21)37-24-7-5-6-23(31-24)26(35)29-2/h5-15,17,30H,4,16H2,1-3H3,(H,29,35)(H,32,36)/b25-19-. The number of benzene rings is 2. The van der Waals surface area contributed by atoms with Crippen molar-refractivity contribution < 1.29 is 19.1 Å². The van der Waals surface area contributed by atoms with E-state index in [4.69, 9.17) is 16.3 Å². The van der Waals surface area contributed by atoms with Crippen molar-refractivity contribution in [3.05, 3.63) is 94.4 Å². The van der Waals surface area contributed by atoms with Crippen LogP contribution >= 0.6 is 11.6 Å². The molecule has 0 aliphatic rings. The molecule has 0 bridgehead atoms. The van der Waals surface area contributed by atoms with Crippen LogP contribution in [0.2, 0.25) is 5.02 Å². The zero-order valence-corrected chi connectivity index (χ0v) is 21.5. The Balaban J connectivity index is 1.82. The van der Waals surface area contributed by atoms with E-state index in [2.05, 4.69) is 20.9 Å². The van der Waals surface area contributed by atoms with Gasteiger partial charge < -0.3 is 20.3 Å². The minimum absolute atomic E-state index is 0.239. The lowest BCUT2D eigenvalue weighted by Gasteiger charge is -2.20. The van der Waals surface area contributed by atoms with Crippen molar-refractivity contribution in [1.29, 1.82) is 0 Å². The number of urea groups is 1. The zero-order chi connectivity index (χ0) is 26.8. The van der Waals surface area contributed by atoms with E-state index < -0.39 is 0 Å². The van der Waals surface area contributed by atoms with Crippen LogP contribution in [0.15, 0.2) is 78.1 Å². The topological polar surface area (TPSA) is 113 Å². The van der Waals surface area contributed by atoms with Crippen molar-refractivity contribution in [2.24, 2.45) is 0 Å². The van der Waals surface area contributed by atoms with E-state index in [1.165, 1.54) is 11.9 Å². The van der Waals surface area contributed by atoms with Crippen LogP contribution in [0.5, 0.6) is 11.6 Å². The number of amides is 3. The Hall–Kier alpha value is -4.37. The molecule has 0 atom stereocenters. The van der Waals surface area contributed by atoms with E-state index in [9.17, 15) is 14.4 Å². The van der Waals surface area contributed by atoms with E-state index in [1.54, 1.807) is 61.6 Å². The van der Waals surface area contributed by atoms with Crippen molar-refractivity contribution in [2.45, 2.75) is 13.3 Å². The molecule has 3 rings (SSSR count). The number of allylic oxidation sites excluding steroid dienone is 1. The minimum atomic E-state index is -0.359. The molecule has 192 valence electrons. The van der Waals surface area contributed by atoms with Gasteiger partial charge >= 0.3 is 6.03 Å². The molecule has 10 heteroatoms. The number of aldehydes is 1. The van der Waals surface area contributed by atoms with E-state index in [1.807, 2.05) is 19.1 Å². The zero-order valence-electron chi connectivity index (χ0n) is 20.7. The summed E-state index contributed by atoms with van der Waals surface area (Å²) in [6.07, 6.45) is 0.999. The van der Waals surface area contributed by atoms with Gasteiger partial charge in [0, 0.05) is 49.4 Å². The molecule has 3 amide bonds. The predicted octanol–water partition coefficient (Wildman–Crippen LogP) is 4.61. The third kappa shape index (κ3) is 7.81. The summed E-state index contributed by atoms with van der Waals surface area (Å²) in [5.41, 5.74) is 2.07. The quantitative estimate of drug-likeness (QED) is 0.265. The number of rotatable bonds is 10. The highest BCUT2D eigenvalue weighted by Crippen LogP contribution is 2.23. The second-order valence-corrected chi connectivity index (χ2v) is 8.39. The summed E-state index contributed by atoms with van der Waals surface area (Å²) in [4.78, 5) is 42.1. The van der Waals surface area contributed by atoms with Gasteiger partial charge in [0.1, 0.15) is 23.6 Å². The van der Waals surface area contributed by atoms with Crippen LogP contribution in [0.4, 0.5) is 10.5 Å². The molecule has 9 nitrogen and oxygen atoms in total. The van der Waals surface area contributed by atoms with E-state index in [0.717, 1.165) is 5.56 Å². The van der Waals surface area contributed by atoms with Gasteiger partial charge in [-0.05, 0) is 55.0 Å². The first kappa shape index (κ1) is 27.2. The van der Waals surface area contributed by atoms with Crippen molar-refractivity contribution in [1.82, 2.24) is 20.5 Å². The highest BCUT2D eigenvalue weighted by molar-refractivity contribution is 6.30. The van der Waals surface area contributed by atoms with Gasteiger partial charge in [-0.3, -0.25) is 14.9 Å². The highest BCUT2D eigenvalue weighted by atomic mass is 35.5. The van der Waals surface area contributed by atoms with Crippen molar-refractivity contribution in [3.8, 4) is 11.6 Å². The van der Waals surface area contributed by atoms with Crippen LogP contribution in [0.25, 0.3) is 0 Å². The number of nitrogens with one attached hydrogen (secondary N) is 3. The summed E-state index contributed by atoms with van der Waals surface area (Å²) in [7, 11) is 3.19. The van der Waals surface area contributed by atoms with Gasteiger partial charge in [0.05, 0.1) is 0 Å². The lowest BCUT2D eigenvalue weighted by atomic mass is 10.1. The Bertz CT molecular complexity index is 1280. The fourth-order valence-corrected chi connectivity index (χ4v) is 3.27. The number of nitrogens with zero attached hydrogens (tertiary/aromatic N) is 2. The van der Waals surface area contributed by atoms with Crippen LogP contribution in [-0.4, -0.2) is 48.7 Å². The summed E-state index contributed by atoms with van der Waals surface area (Å²) in [5.74, 6) is 0.709. The summed E-state index contributed by atoms with van der Waals surface area (Å²) < 4.78 is 5.77. The van der Waals surface area contributed by atoms with Gasteiger partial charge in [-0.15, -0.1) is 0 Å². The number of aromatic nitrogens is 1. The number of halogens is 1. The van der Waals surface area contributed by atoms with Crippen molar-refractivity contribution in [3.63, 3.8) is 0 Å². The molecule has 37 heavy (non-hydrogen) atoms. The first-order chi connectivity index (χ1) is 17.8. The average Bonchev–Trinajstić information content (AvgIpc) is 2.92. The summed E-state index contributed by atoms with van der Waals surface area (Å²) >= 11 is 5.98. The fraction of sp³-hybridized carbons (Fsp3) is 0.185. The SMILES string of the molecule is CCN(C)C(=O)N/C(Nc1ccc(Oc2cccc(C(=O)NC)n2)cc1)=C(\C=O)Cc1ccc(Cl)cc1. The molecule has 0 aliphatic heterocycles. The second kappa shape index (κ2) is 13.1. The van der Waals surface area contributed by atoms with Crippen LogP contribution in [-0.2, 0) is 11.2 Å². The minimum Gasteiger partial charge on any atom is -0.439 e. The van der Waals surface area contributed by atoms with Gasteiger partial charge in [0.15, 0.2) is 0 Å². The number of pyridine rings is 1. The van der Waals surface area contributed by atoms with Crippen LogP contribution < -0.4 is 20.7 Å². The molecule has 0 aliphatic carbocycles. The molecule has 3 N–H and O–H groups in total. The Morgan fingerprint density at radius 2 is 1.76 bits per heavy atom. The summed E-state index contributed by atoms with van der Waals surface area (Å²) in [6, 6.07) is 18.6. The number of anilines is 1. The maximum Gasteiger partial charge on any atom is 0.322 e. The molecule has 0 saturated heterocycles. The lowest BCUT2D eigenvalue weighted by molar-refractivity contribution is -0.105. The Morgan fingerprint density at radius 1 is 1.05 bits per heavy atom. The number of carbonyl (C=O) groups is 3.